The molecule has 1 aliphatic heterocycles. The quantitative estimate of drug-likeness (QED) is 0.530. The minimum absolute atomic E-state index is 0.0530. The molecular formula is C25H22ClFN4O2. The maximum atomic E-state index is 13.3. The van der Waals surface area contributed by atoms with Crippen LogP contribution in [-0.4, -0.2) is 21.5 Å². The molecular weight excluding hydrogens is 443 g/mol. The van der Waals surface area contributed by atoms with Crippen molar-refractivity contribution in [1.29, 1.82) is 0 Å². The zero-order valence-corrected chi connectivity index (χ0v) is 18.9. The van der Waals surface area contributed by atoms with Crippen molar-refractivity contribution in [3.8, 4) is 0 Å². The summed E-state index contributed by atoms with van der Waals surface area (Å²) in [4.78, 5) is 26.3. The monoisotopic (exact) mass is 464 g/mol. The number of carbonyl (C=O) groups excluding carboxylic acids is 2. The standard InChI is InChI=1S/C25H22ClFN4O2/c1-25(2)11-19-21(20(32)12-25)22(14-4-3-5-15(26)10-14)31-23(30-19)18(13-28-31)24(33)29-17-8-6-16(27)7-9-17/h3-10,13,22,30H,11-12H2,1-2H3,(H,29,33). The first-order chi connectivity index (χ1) is 15.7. The van der Waals surface area contributed by atoms with Gasteiger partial charge < -0.3 is 10.6 Å². The Morgan fingerprint density at radius 2 is 1.97 bits per heavy atom. The van der Waals surface area contributed by atoms with Crippen molar-refractivity contribution >= 4 is 34.8 Å². The Morgan fingerprint density at radius 1 is 1.21 bits per heavy atom. The molecule has 1 aliphatic carbocycles. The van der Waals surface area contributed by atoms with E-state index in [2.05, 4.69) is 29.6 Å². The Kier molecular flexibility index (Phi) is 5.09. The molecule has 0 radical (unpaired) electrons. The average molecular weight is 465 g/mol. The number of amides is 1. The van der Waals surface area contributed by atoms with Crippen LogP contribution in [0.3, 0.4) is 0 Å². The van der Waals surface area contributed by atoms with Gasteiger partial charge in [-0.25, -0.2) is 9.07 Å². The molecule has 168 valence electrons. The summed E-state index contributed by atoms with van der Waals surface area (Å²) in [7, 11) is 0. The molecule has 2 aromatic carbocycles. The molecule has 0 spiro atoms. The van der Waals surface area contributed by atoms with Crippen LogP contribution in [0.15, 0.2) is 66.0 Å². The normalized spacial score (nSPS) is 18.9. The van der Waals surface area contributed by atoms with Crippen molar-refractivity contribution in [2.24, 2.45) is 5.41 Å². The topological polar surface area (TPSA) is 76.0 Å². The molecule has 6 nitrogen and oxygen atoms in total. The predicted molar refractivity (Wildman–Crippen MR) is 125 cm³/mol. The highest BCUT2D eigenvalue weighted by Gasteiger charge is 2.42. The van der Waals surface area contributed by atoms with Gasteiger partial charge in [-0.15, -0.1) is 0 Å². The van der Waals surface area contributed by atoms with Crippen LogP contribution >= 0.6 is 11.6 Å². The molecule has 0 bridgehead atoms. The average Bonchev–Trinajstić information content (AvgIpc) is 3.16. The lowest BCUT2D eigenvalue weighted by atomic mass is 9.73. The number of halogens is 2. The fraction of sp³-hybridized carbons (Fsp3) is 0.240. The second-order valence-electron chi connectivity index (χ2n) is 9.23. The highest BCUT2D eigenvalue weighted by atomic mass is 35.5. The van der Waals surface area contributed by atoms with Crippen molar-refractivity contribution in [3.63, 3.8) is 0 Å². The summed E-state index contributed by atoms with van der Waals surface area (Å²) in [5, 5.41) is 11.2. The van der Waals surface area contributed by atoms with Crippen LogP contribution in [-0.2, 0) is 4.79 Å². The molecule has 3 aromatic rings. The fourth-order valence-corrected chi connectivity index (χ4v) is 4.79. The van der Waals surface area contributed by atoms with E-state index in [1.165, 1.54) is 30.5 Å². The number of benzene rings is 2. The van der Waals surface area contributed by atoms with E-state index >= 15 is 0 Å². The number of aromatic nitrogens is 2. The van der Waals surface area contributed by atoms with Gasteiger partial charge in [0.05, 0.1) is 6.20 Å². The zero-order valence-electron chi connectivity index (χ0n) is 18.2. The third kappa shape index (κ3) is 3.93. The van der Waals surface area contributed by atoms with Crippen LogP contribution in [0.4, 0.5) is 15.9 Å². The van der Waals surface area contributed by atoms with Crippen molar-refractivity contribution in [3.05, 3.63) is 88.0 Å². The summed E-state index contributed by atoms with van der Waals surface area (Å²) in [6, 6.07) is 12.4. The lowest BCUT2D eigenvalue weighted by Crippen LogP contribution is -2.37. The second-order valence-corrected chi connectivity index (χ2v) is 9.66. The van der Waals surface area contributed by atoms with Gasteiger partial charge in [0.1, 0.15) is 23.2 Å². The third-order valence-electron chi connectivity index (χ3n) is 6.01. The lowest BCUT2D eigenvalue weighted by molar-refractivity contribution is -0.118. The fourth-order valence-electron chi connectivity index (χ4n) is 4.59. The van der Waals surface area contributed by atoms with Gasteiger partial charge >= 0.3 is 0 Å². The maximum Gasteiger partial charge on any atom is 0.261 e. The summed E-state index contributed by atoms with van der Waals surface area (Å²) in [6.45, 7) is 4.11. The SMILES string of the molecule is CC1(C)CC(=O)C2=C(C1)Nc1c(C(=O)Nc3ccc(F)cc3)cnn1C2c1cccc(Cl)c1. The number of fused-ring (bicyclic) bond motifs is 1. The minimum atomic E-state index is -0.495. The van der Waals surface area contributed by atoms with Crippen molar-refractivity contribution in [2.75, 3.05) is 10.6 Å². The molecule has 2 N–H and O–H groups in total. The van der Waals surface area contributed by atoms with E-state index < -0.39 is 6.04 Å². The molecule has 2 aliphatic rings. The molecule has 1 atom stereocenters. The first-order valence-electron chi connectivity index (χ1n) is 10.6. The molecule has 1 unspecified atom stereocenters. The highest BCUT2D eigenvalue weighted by molar-refractivity contribution is 6.30. The van der Waals surface area contributed by atoms with Crippen molar-refractivity contribution in [1.82, 2.24) is 9.78 Å². The van der Waals surface area contributed by atoms with Gasteiger partial charge in [-0.3, -0.25) is 9.59 Å². The Labute approximate surface area is 195 Å². The van der Waals surface area contributed by atoms with Crippen molar-refractivity contribution < 1.29 is 14.0 Å². The van der Waals surface area contributed by atoms with Crippen LogP contribution < -0.4 is 10.6 Å². The Balaban J connectivity index is 1.59. The first-order valence-corrected chi connectivity index (χ1v) is 11.0. The van der Waals surface area contributed by atoms with E-state index in [9.17, 15) is 14.0 Å². The summed E-state index contributed by atoms with van der Waals surface area (Å²) in [6.07, 6.45) is 2.57. The molecule has 5 rings (SSSR count). The van der Waals surface area contributed by atoms with Crippen LogP contribution in [0.5, 0.6) is 0 Å². The highest BCUT2D eigenvalue weighted by Crippen LogP contribution is 2.46. The van der Waals surface area contributed by atoms with Crippen LogP contribution in [0, 0.1) is 11.2 Å². The van der Waals surface area contributed by atoms with E-state index in [0.717, 1.165) is 11.3 Å². The second kappa shape index (κ2) is 7.85. The Morgan fingerprint density at radius 3 is 2.70 bits per heavy atom. The molecule has 0 fully saturated rings. The van der Waals surface area contributed by atoms with Gasteiger partial charge in [-0.05, 0) is 53.8 Å². The number of allylic oxidation sites excluding steroid dienone is 2. The smallest absolute Gasteiger partial charge is 0.261 e. The third-order valence-corrected chi connectivity index (χ3v) is 6.25. The molecule has 1 amide bonds. The largest absolute Gasteiger partial charge is 0.343 e. The van der Waals surface area contributed by atoms with Crippen LogP contribution in [0.25, 0.3) is 0 Å². The van der Waals surface area contributed by atoms with E-state index in [1.807, 2.05) is 18.2 Å². The van der Waals surface area contributed by atoms with E-state index in [-0.39, 0.29) is 22.9 Å². The molecule has 8 heteroatoms. The molecule has 33 heavy (non-hydrogen) atoms. The first kappa shape index (κ1) is 21.4. The van der Waals surface area contributed by atoms with E-state index in [4.69, 9.17) is 11.6 Å². The number of nitrogens with zero attached hydrogens (tertiary/aromatic N) is 2. The van der Waals surface area contributed by atoms with Gasteiger partial charge in [0.15, 0.2) is 5.78 Å². The van der Waals surface area contributed by atoms with Gasteiger partial charge in [0.25, 0.3) is 5.91 Å². The van der Waals surface area contributed by atoms with Gasteiger partial charge in [0.2, 0.25) is 0 Å². The Bertz CT molecular complexity index is 1310. The molecule has 2 heterocycles. The lowest BCUT2D eigenvalue weighted by Gasteiger charge is -2.39. The summed E-state index contributed by atoms with van der Waals surface area (Å²) >= 11 is 6.27. The van der Waals surface area contributed by atoms with Gasteiger partial charge in [-0.2, -0.15) is 5.10 Å². The molecule has 1 aromatic heterocycles. The zero-order chi connectivity index (χ0) is 23.3. The molecule has 0 saturated heterocycles. The summed E-state index contributed by atoms with van der Waals surface area (Å²) in [5.74, 6) is -0.210. The van der Waals surface area contributed by atoms with E-state index in [1.54, 1.807) is 10.7 Å². The summed E-state index contributed by atoms with van der Waals surface area (Å²) < 4.78 is 14.9. The number of rotatable bonds is 3. The van der Waals surface area contributed by atoms with Crippen LogP contribution in [0.1, 0.15) is 48.7 Å². The minimum Gasteiger partial charge on any atom is -0.343 e. The van der Waals surface area contributed by atoms with Gasteiger partial charge in [-0.1, -0.05) is 37.6 Å². The number of hydrogen-bond acceptors (Lipinski definition) is 4. The van der Waals surface area contributed by atoms with Gasteiger partial charge in [0, 0.05) is 28.4 Å². The predicted octanol–water partition coefficient (Wildman–Crippen LogP) is 5.59. The van der Waals surface area contributed by atoms with Crippen LogP contribution in [0.2, 0.25) is 5.02 Å². The summed E-state index contributed by atoms with van der Waals surface area (Å²) in [5.41, 5.74) is 2.86. The number of Topliss-reactive ketones (excluding diaryl/α,β-unsaturated/α-hetero) is 1. The maximum absolute atomic E-state index is 13.3. The molecule has 0 saturated carbocycles. The number of ketones is 1. The van der Waals surface area contributed by atoms with Crippen molar-refractivity contribution in [2.45, 2.75) is 32.7 Å². The van der Waals surface area contributed by atoms with E-state index in [0.29, 0.717) is 40.5 Å². The number of hydrogen-bond donors (Lipinski definition) is 2. The number of carbonyl (C=O) groups is 2. The number of anilines is 2. The Hall–Kier alpha value is -3.45. The number of nitrogens with one attached hydrogen (secondary N) is 2.